The van der Waals surface area contributed by atoms with Gasteiger partial charge in [-0.2, -0.15) is 5.10 Å². The van der Waals surface area contributed by atoms with Gasteiger partial charge in [0.05, 0.1) is 28.3 Å². The molecule has 1 saturated heterocycles. The van der Waals surface area contributed by atoms with Gasteiger partial charge >= 0.3 is 0 Å². The van der Waals surface area contributed by atoms with Crippen molar-refractivity contribution < 1.29 is 9.47 Å². The monoisotopic (exact) mass is 659 g/mol. The molecule has 1 fully saturated rings. The van der Waals surface area contributed by atoms with Crippen molar-refractivity contribution >= 4 is 21.9 Å². The van der Waals surface area contributed by atoms with Gasteiger partial charge in [0.2, 0.25) is 5.88 Å². The molecule has 0 aliphatic carbocycles. The number of fused-ring (bicyclic) bond motifs is 5. The van der Waals surface area contributed by atoms with Gasteiger partial charge in [-0.05, 0) is 77.8 Å². The Kier molecular flexibility index (Phi) is 7.01. The van der Waals surface area contributed by atoms with Crippen LogP contribution < -0.4 is 4.74 Å². The van der Waals surface area contributed by atoms with E-state index in [0.717, 1.165) is 71.0 Å². The molecule has 1 atom stereocenters. The van der Waals surface area contributed by atoms with Crippen LogP contribution in [0.3, 0.4) is 0 Å². The zero-order valence-corrected chi connectivity index (χ0v) is 29.3. The van der Waals surface area contributed by atoms with Crippen LogP contribution in [0.1, 0.15) is 76.8 Å². The second-order valence-electron chi connectivity index (χ2n) is 15.2. The summed E-state index contributed by atoms with van der Waals surface area (Å²) in [4.78, 5) is 9.95. The molecule has 7 nitrogen and oxygen atoms in total. The van der Waals surface area contributed by atoms with E-state index < -0.39 is 0 Å². The molecule has 0 spiro atoms. The average molecular weight is 660 g/mol. The Morgan fingerprint density at radius 1 is 0.820 bits per heavy atom. The van der Waals surface area contributed by atoms with Gasteiger partial charge in [0, 0.05) is 46.7 Å². The molecule has 0 N–H and O–H groups in total. The number of ether oxygens (including phenoxy) is 2. The van der Waals surface area contributed by atoms with Crippen LogP contribution in [0.4, 0.5) is 0 Å². The van der Waals surface area contributed by atoms with Gasteiger partial charge in [0.15, 0.2) is 6.23 Å². The highest BCUT2D eigenvalue weighted by molar-refractivity contribution is 6.10. The first-order chi connectivity index (χ1) is 24.2. The summed E-state index contributed by atoms with van der Waals surface area (Å²) in [6, 6.07) is 33.7. The fourth-order valence-corrected chi connectivity index (χ4v) is 7.76. The maximum atomic E-state index is 6.58. The Morgan fingerprint density at radius 2 is 1.68 bits per heavy atom. The molecule has 0 amide bonds. The molecule has 0 radical (unpaired) electrons. The maximum Gasteiger partial charge on any atom is 0.219 e. The summed E-state index contributed by atoms with van der Waals surface area (Å²) in [5, 5.41) is 7.43. The summed E-state index contributed by atoms with van der Waals surface area (Å²) in [5.74, 6) is 1.24. The normalized spacial score (nSPS) is 16.9. The van der Waals surface area contributed by atoms with Crippen molar-refractivity contribution in [1.82, 2.24) is 24.3 Å². The molecule has 9 rings (SSSR count). The lowest BCUT2D eigenvalue weighted by atomic mass is 9.72. The average Bonchev–Trinajstić information content (AvgIpc) is 3.72. The second kappa shape index (κ2) is 11.4. The minimum Gasteiger partial charge on any atom is -0.439 e. The molecular weight excluding hydrogens is 619 g/mol. The Labute approximate surface area is 292 Å². The number of hydrogen-bond acceptors (Lipinski definition) is 5. The second-order valence-corrected chi connectivity index (χ2v) is 15.2. The van der Waals surface area contributed by atoms with Crippen molar-refractivity contribution in [2.45, 2.75) is 70.9 Å². The highest BCUT2D eigenvalue weighted by Crippen LogP contribution is 2.49. The summed E-state index contributed by atoms with van der Waals surface area (Å²) < 4.78 is 17.1. The molecule has 6 heterocycles. The number of hydrogen-bond donors (Lipinski definition) is 0. The Balaban J connectivity index is 1.14. The standard InChI is InChI=1S/C43H41N5O2/c1-42(2,3)28-23-31-30-15-12-21-44-41(30)47-36-25-29(19-20-32(36)43(4,5)33(24-28)40(31)47)50-38-17-11-16-34(45-38)37-26-35(27-13-7-6-8-14-27)46-48(37)39-18-9-10-22-49-39/h6-8,11-17,19-21,23-26,39H,9-10,18,22H2,1-5H3. The first-order valence-electron chi connectivity index (χ1n) is 17.7. The van der Waals surface area contributed by atoms with E-state index in [1.807, 2.05) is 53.3 Å². The quantitative estimate of drug-likeness (QED) is 0.184. The molecule has 0 saturated carbocycles. The summed E-state index contributed by atoms with van der Waals surface area (Å²) >= 11 is 0. The zero-order chi connectivity index (χ0) is 34.2. The number of aromatic nitrogens is 5. The first kappa shape index (κ1) is 30.8. The molecule has 250 valence electrons. The number of benzene rings is 3. The first-order valence-corrected chi connectivity index (χ1v) is 17.7. The van der Waals surface area contributed by atoms with Gasteiger partial charge in [0.25, 0.3) is 0 Å². The van der Waals surface area contributed by atoms with Crippen molar-refractivity contribution in [3.8, 4) is 40.0 Å². The summed E-state index contributed by atoms with van der Waals surface area (Å²) in [7, 11) is 0. The highest BCUT2D eigenvalue weighted by atomic mass is 16.5. The Hall–Kier alpha value is -5.27. The fraction of sp³-hybridized carbons (Fsp3) is 0.279. The minimum absolute atomic E-state index is 0.0150. The number of nitrogens with zero attached hydrogens (tertiary/aromatic N) is 5. The summed E-state index contributed by atoms with van der Waals surface area (Å²) in [6.45, 7) is 12.3. The third-order valence-corrected chi connectivity index (χ3v) is 10.5. The van der Waals surface area contributed by atoms with Gasteiger partial charge in [-0.1, -0.05) is 83.1 Å². The molecule has 7 aromatic rings. The van der Waals surface area contributed by atoms with E-state index in [4.69, 9.17) is 24.5 Å². The number of rotatable bonds is 5. The van der Waals surface area contributed by atoms with Crippen LogP contribution in [0.25, 0.3) is 50.3 Å². The van der Waals surface area contributed by atoms with Crippen molar-refractivity contribution in [2.75, 3.05) is 6.61 Å². The van der Waals surface area contributed by atoms with Crippen LogP contribution in [0.2, 0.25) is 0 Å². The van der Waals surface area contributed by atoms with E-state index in [1.165, 1.54) is 27.6 Å². The van der Waals surface area contributed by atoms with Crippen LogP contribution in [0.15, 0.2) is 103 Å². The third kappa shape index (κ3) is 4.94. The third-order valence-electron chi connectivity index (χ3n) is 10.5. The SMILES string of the molecule is CC(C)(C)c1cc2c3c(c1)c1cccnc1n3-c1cc(Oc3cccc(-c4cc(-c5ccccc5)nn4C4CCCCO4)n3)ccc1C2(C)C. The van der Waals surface area contributed by atoms with Crippen LogP contribution in [0.5, 0.6) is 11.6 Å². The fourth-order valence-electron chi connectivity index (χ4n) is 7.76. The molecule has 2 aliphatic heterocycles. The molecule has 3 aromatic carbocycles. The van der Waals surface area contributed by atoms with Gasteiger partial charge in [-0.25, -0.2) is 14.6 Å². The van der Waals surface area contributed by atoms with E-state index >= 15 is 0 Å². The van der Waals surface area contributed by atoms with Crippen LogP contribution >= 0.6 is 0 Å². The zero-order valence-electron chi connectivity index (χ0n) is 29.3. The smallest absolute Gasteiger partial charge is 0.219 e. The molecule has 50 heavy (non-hydrogen) atoms. The van der Waals surface area contributed by atoms with E-state index in [1.54, 1.807) is 0 Å². The van der Waals surface area contributed by atoms with Gasteiger partial charge < -0.3 is 9.47 Å². The lowest BCUT2D eigenvalue weighted by Crippen LogP contribution is -2.27. The van der Waals surface area contributed by atoms with E-state index in [2.05, 4.69) is 93.8 Å². The van der Waals surface area contributed by atoms with Crippen molar-refractivity contribution in [2.24, 2.45) is 0 Å². The lowest BCUT2D eigenvalue weighted by molar-refractivity contribution is -0.0382. The van der Waals surface area contributed by atoms with Crippen LogP contribution in [-0.4, -0.2) is 30.9 Å². The maximum absolute atomic E-state index is 6.58. The van der Waals surface area contributed by atoms with Gasteiger partial charge in [-0.15, -0.1) is 0 Å². The summed E-state index contributed by atoms with van der Waals surface area (Å²) in [6.07, 6.45) is 4.85. The van der Waals surface area contributed by atoms with Crippen LogP contribution in [-0.2, 0) is 15.6 Å². The van der Waals surface area contributed by atoms with Crippen molar-refractivity contribution in [1.29, 1.82) is 0 Å². The van der Waals surface area contributed by atoms with E-state index in [0.29, 0.717) is 5.88 Å². The largest absolute Gasteiger partial charge is 0.439 e. The Morgan fingerprint density at radius 3 is 2.48 bits per heavy atom. The molecule has 0 bridgehead atoms. The number of pyridine rings is 2. The topological polar surface area (TPSA) is 67.0 Å². The Bertz CT molecular complexity index is 2410. The van der Waals surface area contributed by atoms with Gasteiger partial charge in [-0.3, -0.25) is 4.57 Å². The molecule has 4 aromatic heterocycles. The molecule has 7 heteroatoms. The van der Waals surface area contributed by atoms with Crippen molar-refractivity contribution in [3.63, 3.8) is 0 Å². The predicted octanol–water partition coefficient (Wildman–Crippen LogP) is 10.5. The molecular formula is C43H41N5O2. The van der Waals surface area contributed by atoms with Crippen molar-refractivity contribution in [3.05, 3.63) is 120 Å². The lowest BCUT2D eigenvalue weighted by Gasteiger charge is -2.36. The highest BCUT2D eigenvalue weighted by Gasteiger charge is 2.37. The van der Waals surface area contributed by atoms with Crippen LogP contribution in [0, 0.1) is 0 Å². The molecule has 1 unspecified atom stereocenters. The minimum atomic E-state index is -0.230. The molecule has 2 aliphatic rings. The van der Waals surface area contributed by atoms with E-state index in [9.17, 15) is 0 Å². The summed E-state index contributed by atoms with van der Waals surface area (Å²) in [5.41, 5.74) is 10.6. The van der Waals surface area contributed by atoms with Gasteiger partial charge in [0.1, 0.15) is 11.4 Å². The predicted molar refractivity (Wildman–Crippen MR) is 199 cm³/mol. The van der Waals surface area contributed by atoms with E-state index in [-0.39, 0.29) is 17.1 Å².